The van der Waals surface area contributed by atoms with Gasteiger partial charge in [0.1, 0.15) is 6.10 Å². The summed E-state index contributed by atoms with van der Waals surface area (Å²) in [6.07, 6.45) is 0.339. The number of benzene rings is 2. The summed E-state index contributed by atoms with van der Waals surface area (Å²) in [7, 11) is 0. The fourth-order valence-corrected chi connectivity index (χ4v) is 3.03. The molecule has 128 valence electrons. The predicted octanol–water partition coefficient (Wildman–Crippen LogP) is 3.52. The Morgan fingerprint density at radius 2 is 1.96 bits per heavy atom. The first kappa shape index (κ1) is 18.5. The van der Waals surface area contributed by atoms with Crippen LogP contribution in [0.1, 0.15) is 22.8 Å². The van der Waals surface area contributed by atoms with Gasteiger partial charge < -0.3 is 15.7 Å². The fraction of sp³-hybridized carbons (Fsp3) is 0.263. The maximum atomic E-state index is 12.8. The molecule has 5 heteroatoms. The van der Waals surface area contributed by atoms with Crippen LogP contribution >= 0.6 is 12.4 Å². The Hall–Kier alpha value is -1.88. The molecule has 0 radical (unpaired) electrons. The molecule has 0 spiro atoms. The monoisotopic (exact) mass is 348 g/mol. The molecule has 1 atom stereocenters. The van der Waals surface area contributed by atoms with E-state index in [1.54, 1.807) is 0 Å². The van der Waals surface area contributed by atoms with Crippen LogP contribution in [-0.2, 0) is 13.0 Å². The Balaban J connectivity index is 0.00000208. The maximum absolute atomic E-state index is 12.8. The quantitative estimate of drug-likeness (QED) is 0.888. The van der Waals surface area contributed by atoms with Crippen molar-refractivity contribution in [2.45, 2.75) is 19.1 Å². The van der Waals surface area contributed by atoms with Gasteiger partial charge >= 0.3 is 0 Å². The van der Waals surface area contributed by atoms with Crippen molar-refractivity contribution in [2.24, 2.45) is 5.73 Å². The Kier molecular flexibility index (Phi) is 6.37. The lowest BCUT2D eigenvalue weighted by molar-refractivity contribution is 0.211. The molecule has 1 unspecified atom stereocenters. The molecule has 0 aromatic heterocycles. The molecule has 0 amide bonds. The number of nitrogens with two attached hydrogens (primary N) is 1. The zero-order chi connectivity index (χ0) is 16.2. The van der Waals surface area contributed by atoms with Gasteiger partial charge in [-0.15, -0.1) is 12.4 Å². The van der Waals surface area contributed by atoms with Gasteiger partial charge in [0.05, 0.1) is 6.33 Å². The third-order valence-electron chi connectivity index (χ3n) is 4.41. The second-order valence-corrected chi connectivity index (χ2v) is 5.83. The first-order valence-corrected chi connectivity index (χ1v) is 7.82. The molecule has 3 nitrogen and oxygen atoms in total. The van der Waals surface area contributed by atoms with E-state index < -0.39 is 6.10 Å². The SMILES string of the molecule is Cl.NCC(=CF)C(O)c1ccc2c(c1)CCN(c1ccccc1)C2. The number of nitrogens with zero attached hydrogens (tertiary/aromatic N) is 1. The molecule has 3 N–H and O–H groups in total. The number of hydrogen-bond donors (Lipinski definition) is 2. The number of rotatable bonds is 4. The summed E-state index contributed by atoms with van der Waals surface area (Å²) in [5, 5.41) is 10.2. The van der Waals surface area contributed by atoms with Gasteiger partial charge in [0.15, 0.2) is 0 Å². The van der Waals surface area contributed by atoms with Crippen molar-refractivity contribution in [3.05, 3.63) is 77.1 Å². The Morgan fingerprint density at radius 3 is 2.62 bits per heavy atom. The number of hydrogen-bond acceptors (Lipinski definition) is 3. The Morgan fingerprint density at radius 1 is 1.21 bits per heavy atom. The van der Waals surface area contributed by atoms with Crippen LogP contribution in [0.25, 0.3) is 0 Å². The van der Waals surface area contributed by atoms with E-state index in [-0.39, 0.29) is 24.5 Å². The standard InChI is InChI=1S/C19H21FN2O.ClH/c20-11-17(12-21)19(23)15-6-7-16-13-22(9-8-14(16)10-15)18-4-2-1-3-5-18;/h1-7,10-11,19,23H,8-9,12-13,21H2;1H. The largest absolute Gasteiger partial charge is 0.384 e. The average Bonchev–Trinajstić information content (AvgIpc) is 2.62. The highest BCUT2D eigenvalue weighted by molar-refractivity contribution is 5.85. The van der Waals surface area contributed by atoms with Gasteiger partial charge in [0.2, 0.25) is 0 Å². The summed E-state index contributed by atoms with van der Waals surface area (Å²) in [5.74, 6) is 0. The highest BCUT2D eigenvalue weighted by Gasteiger charge is 2.19. The first-order chi connectivity index (χ1) is 11.2. The topological polar surface area (TPSA) is 49.5 Å². The van der Waals surface area contributed by atoms with Crippen LogP contribution in [0.5, 0.6) is 0 Å². The molecule has 1 heterocycles. The van der Waals surface area contributed by atoms with Crippen molar-refractivity contribution in [2.75, 3.05) is 18.0 Å². The molecular formula is C19H22ClFN2O. The van der Waals surface area contributed by atoms with Crippen LogP contribution in [-0.4, -0.2) is 18.2 Å². The van der Waals surface area contributed by atoms with Crippen LogP contribution in [0.4, 0.5) is 10.1 Å². The van der Waals surface area contributed by atoms with E-state index in [1.807, 2.05) is 36.4 Å². The minimum atomic E-state index is -0.970. The van der Waals surface area contributed by atoms with E-state index in [0.717, 1.165) is 19.5 Å². The van der Waals surface area contributed by atoms with E-state index in [1.165, 1.54) is 16.8 Å². The molecule has 0 saturated heterocycles. The predicted molar refractivity (Wildman–Crippen MR) is 98.1 cm³/mol. The normalized spacial score (nSPS) is 15.5. The van der Waals surface area contributed by atoms with Crippen LogP contribution in [0, 0.1) is 0 Å². The van der Waals surface area contributed by atoms with Gasteiger partial charge in [-0.25, -0.2) is 4.39 Å². The van der Waals surface area contributed by atoms with Crippen molar-refractivity contribution in [1.29, 1.82) is 0 Å². The average molecular weight is 349 g/mol. The summed E-state index contributed by atoms with van der Waals surface area (Å²) >= 11 is 0. The minimum Gasteiger partial charge on any atom is -0.384 e. The van der Waals surface area contributed by atoms with Crippen LogP contribution in [0.3, 0.4) is 0 Å². The molecule has 0 aliphatic carbocycles. The molecule has 3 rings (SSSR count). The highest BCUT2D eigenvalue weighted by Crippen LogP contribution is 2.28. The van der Waals surface area contributed by atoms with Crippen molar-refractivity contribution >= 4 is 18.1 Å². The van der Waals surface area contributed by atoms with Crippen LogP contribution in [0.2, 0.25) is 0 Å². The third-order valence-corrected chi connectivity index (χ3v) is 4.41. The lowest BCUT2D eigenvalue weighted by Gasteiger charge is -2.31. The number of para-hydroxylation sites is 1. The molecule has 1 aliphatic rings. The van der Waals surface area contributed by atoms with Crippen molar-refractivity contribution < 1.29 is 9.50 Å². The zero-order valence-corrected chi connectivity index (χ0v) is 14.2. The molecular weight excluding hydrogens is 327 g/mol. The van der Waals surface area contributed by atoms with Gasteiger partial charge in [-0.3, -0.25) is 0 Å². The second-order valence-electron chi connectivity index (χ2n) is 5.83. The second kappa shape index (κ2) is 8.29. The van der Waals surface area contributed by atoms with E-state index in [4.69, 9.17) is 5.73 Å². The fourth-order valence-electron chi connectivity index (χ4n) is 3.03. The van der Waals surface area contributed by atoms with E-state index >= 15 is 0 Å². The molecule has 24 heavy (non-hydrogen) atoms. The number of aliphatic hydroxyl groups is 1. The lowest BCUT2D eigenvalue weighted by Crippen LogP contribution is -2.30. The van der Waals surface area contributed by atoms with Crippen LogP contribution in [0.15, 0.2) is 60.4 Å². The van der Waals surface area contributed by atoms with Crippen LogP contribution < -0.4 is 10.6 Å². The van der Waals surface area contributed by atoms with E-state index in [2.05, 4.69) is 17.0 Å². The van der Waals surface area contributed by atoms with Crippen molar-refractivity contribution in [1.82, 2.24) is 0 Å². The minimum absolute atomic E-state index is 0. The van der Waals surface area contributed by atoms with Gasteiger partial charge in [-0.1, -0.05) is 36.4 Å². The van der Waals surface area contributed by atoms with Crippen molar-refractivity contribution in [3.8, 4) is 0 Å². The number of fused-ring (bicyclic) bond motifs is 1. The smallest absolute Gasteiger partial charge is 0.104 e. The summed E-state index contributed by atoms with van der Waals surface area (Å²) in [6, 6.07) is 16.2. The number of halogens is 2. The summed E-state index contributed by atoms with van der Waals surface area (Å²) < 4.78 is 12.8. The number of anilines is 1. The van der Waals surface area contributed by atoms with E-state index in [9.17, 15) is 9.50 Å². The molecule has 2 aromatic rings. The third kappa shape index (κ3) is 3.78. The maximum Gasteiger partial charge on any atom is 0.104 e. The Labute approximate surface area is 148 Å². The van der Waals surface area contributed by atoms with Gasteiger partial charge in [-0.2, -0.15) is 0 Å². The highest BCUT2D eigenvalue weighted by atomic mass is 35.5. The molecule has 2 aromatic carbocycles. The van der Waals surface area contributed by atoms with Crippen molar-refractivity contribution in [3.63, 3.8) is 0 Å². The molecule has 1 aliphatic heterocycles. The van der Waals surface area contributed by atoms with Gasteiger partial charge in [0.25, 0.3) is 0 Å². The van der Waals surface area contributed by atoms with E-state index in [0.29, 0.717) is 11.9 Å². The summed E-state index contributed by atoms with van der Waals surface area (Å²) in [6.45, 7) is 1.79. The van der Waals surface area contributed by atoms with Gasteiger partial charge in [-0.05, 0) is 35.2 Å². The first-order valence-electron chi connectivity index (χ1n) is 7.82. The molecule has 0 bridgehead atoms. The van der Waals surface area contributed by atoms with Gasteiger partial charge in [0, 0.05) is 30.9 Å². The summed E-state index contributed by atoms with van der Waals surface area (Å²) in [4.78, 5) is 2.34. The number of aliphatic hydroxyl groups excluding tert-OH is 1. The molecule has 0 fully saturated rings. The zero-order valence-electron chi connectivity index (χ0n) is 13.4. The lowest BCUT2D eigenvalue weighted by atomic mass is 9.93. The molecule has 0 saturated carbocycles. The Bertz CT molecular complexity index is 706. The summed E-state index contributed by atoms with van der Waals surface area (Å²) in [5.41, 5.74) is 10.0.